The standard InChI is InChI=1S/C18H36N2O3S.H2/c1-14(2)17-12-20(13-17)11-16-5-7-18(8-6-16)23-10-9-19-24(21,22)15(3)4;/h14-19H,5-13H2,1-4H3;1H. The Labute approximate surface area is 150 Å². The third-order valence-corrected chi connectivity index (χ3v) is 7.47. The van der Waals surface area contributed by atoms with Gasteiger partial charge in [0, 0.05) is 27.6 Å². The molecule has 1 aliphatic carbocycles. The Hall–Kier alpha value is -0.170. The molecule has 0 bridgehead atoms. The van der Waals surface area contributed by atoms with Crippen LogP contribution in [-0.4, -0.2) is 57.5 Å². The number of nitrogens with zero attached hydrogens (tertiary/aromatic N) is 1. The molecule has 1 saturated carbocycles. The van der Waals surface area contributed by atoms with Gasteiger partial charge in [0.1, 0.15) is 0 Å². The summed E-state index contributed by atoms with van der Waals surface area (Å²) < 4.78 is 31.8. The molecule has 2 fully saturated rings. The average Bonchev–Trinajstić information content (AvgIpc) is 2.47. The molecule has 6 heteroatoms. The summed E-state index contributed by atoms with van der Waals surface area (Å²) in [5, 5.41) is -0.385. The molecular weight excluding hydrogens is 324 g/mol. The van der Waals surface area contributed by atoms with E-state index in [0.29, 0.717) is 19.3 Å². The lowest BCUT2D eigenvalue weighted by molar-refractivity contribution is 0.00315. The molecule has 0 aromatic rings. The molecule has 24 heavy (non-hydrogen) atoms. The van der Waals surface area contributed by atoms with Crippen molar-refractivity contribution in [3.63, 3.8) is 0 Å². The minimum Gasteiger partial charge on any atom is -0.377 e. The van der Waals surface area contributed by atoms with Crippen molar-refractivity contribution in [3.8, 4) is 0 Å². The van der Waals surface area contributed by atoms with Crippen molar-refractivity contribution in [3.05, 3.63) is 0 Å². The van der Waals surface area contributed by atoms with E-state index >= 15 is 0 Å². The lowest BCUT2D eigenvalue weighted by Crippen LogP contribution is -2.50. The van der Waals surface area contributed by atoms with Crippen LogP contribution in [0.2, 0.25) is 0 Å². The predicted molar refractivity (Wildman–Crippen MR) is 101 cm³/mol. The second-order valence-electron chi connectivity index (χ2n) is 8.22. The Kier molecular flexibility index (Phi) is 7.53. The predicted octanol–water partition coefficient (Wildman–Crippen LogP) is 2.72. The molecule has 0 aromatic heterocycles. The lowest BCUT2D eigenvalue weighted by atomic mass is 9.83. The zero-order valence-corrected chi connectivity index (χ0v) is 16.6. The summed E-state index contributed by atoms with van der Waals surface area (Å²) in [6.45, 7) is 12.7. The monoisotopic (exact) mass is 362 g/mol. The van der Waals surface area contributed by atoms with E-state index < -0.39 is 10.0 Å². The van der Waals surface area contributed by atoms with Gasteiger partial charge >= 0.3 is 0 Å². The highest BCUT2D eigenvalue weighted by molar-refractivity contribution is 7.90. The quantitative estimate of drug-likeness (QED) is 0.641. The Bertz CT molecular complexity index is 471. The number of nitrogens with one attached hydrogen (secondary N) is 1. The number of likely N-dealkylation sites (tertiary alicyclic amines) is 1. The van der Waals surface area contributed by atoms with Crippen LogP contribution in [0.1, 0.15) is 54.8 Å². The fourth-order valence-electron chi connectivity index (χ4n) is 3.60. The van der Waals surface area contributed by atoms with Gasteiger partial charge in [0.25, 0.3) is 0 Å². The largest absolute Gasteiger partial charge is 0.377 e. The summed E-state index contributed by atoms with van der Waals surface area (Å²) >= 11 is 0. The van der Waals surface area contributed by atoms with Gasteiger partial charge in [-0.2, -0.15) is 0 Å². The third kappa shape index (κ3) is 5.97. The number of sulfonamides is 1. The SMILES string of the molecule is CC(C)C1CN(CC2CCC(OCCNS(=O)(=O)C(C)C)CC2)C1.[HH]. The lowest BCUT2D eigenvalue weighted by Gasteiger charge is -2.44. The average molecular weight is 363 g/mol. The van der Waals surface area contributed by atoms with E-state index in [4.69, 9.17) is 4.74 Å². The van der Waals surface area contributed by atoms with E-state index in [0.717, 1.165) is 30.6 Å². The van der Waals surface area contributed by atoms with E-state index in [-0.39, 0.29) is 6.68 Å². The number of rotatable bonds is 9. The third-order valence-electron chi connectivity index (χ3n) is 5.62. The van der Waals surface area contributed by atoms with Crippen LogP contribution in [-0.2, 0) is 14.8 Å². The maximum Gasteiger partial charge on any atom is 0.214 e. The molecule has 144 valence electrons. The molecule has 0 radical (unpaired) electrons. The summed E-state index contributed by atoms with van der Waals surface area (Å²) in [6.07, 6.45) is 5.02. The van der Waals surface area contributed by atoms with E-state index in [9.17, 15) is 8.42 Å². The number of ether oxygens (including phenoxy) is 1. The Morgan fingerprint density at radius 3 is 2.29 bits per heavy atom. The first-order chi connectivity index (χ1) is 11.3. The van der Waals surface area contributed by atoms with E-state index in [1.54, 1.807) is 13.8 Å². The Morgan fingerprint density at radius 2 is 1.75 bits per heavy atom. The van der Waals surface area contributed by atoms with Crippen molar-refractivity contribution in [1.29, 1.82) is 0 Å². The van der Waals surface area contributed by atoms with E-state index in [2.05, 4.69) is 23.5 Å². The molecule has 1 aliphatic heterocycles. The van der Waals surface area contributed by atoms with Crippen molar-refractivity contribution in [2.75, 3.05) is 32.8 Å². The van der Waals surface area contributed by atoms with E-state index in [1.807, 2.05) is 0 Å². The smallest absolute Gasteiger partial charge is 0.214 e. The summed E-state index contributed by atoms with van der Waals surface area (Å²) in [5.74, 6) is 2.54. The first-order valence-corrected chi connectivity index (χ1v) is 11.1. The van der Waals surface area contributed by atoms with Crippen molar-refractivity contribution in [2.24, 2.45) is 17.8 Å². The van der Waals surface area contributed by atoms with Crippen molar-refractivity contribution in [1.82, 2.24) is 9.62 Å². The van der Waals surface area contributed by atoms with Gasteiger partial charge in [0.15, 0.2) is 0 Å². The van der Waals surface area contributed by atoms with Gasteiger partial charge in [-0.3, -0.25) is 0 Å². The zero-order valence-electron chi connectivity index (χ0n) is 15.8. The summed E-state index contributed by atoms with van der Waals surface area (Å²) in [5.41, 5.74) is 0. The molecule has 0 unspecified atom stereocenters. The molecule has 0 amide bonds. The van der Waals surface area contributed by atoms with Crippen molar-refractivity contribution in [2.45, 2.75) is 64.7 Å². The van der Waals surface area contributed by atoms with Crippen LogP contribution in [0.15, 0.2) is 0 Å². The van der Waals surface area contributed by atoms with E-state index in [1.165, 1.54) is 32.5 Å². The molecule has 1 saturated heterocycles. The Morgan fingerprint density at radius 1 is 1.12 bits per heavy atom. The van der Waals surface area contributed by atoms with Gasteiger partial charge in [-0.25, -0.2) is 13.1 Å². The molecule has 0 spiro atoms. The first-order valence-electron chi connectivity index (χ1n) is 9.60. The van der Waals surface area contributed by atoms with Gasteiger partial charge < -0.3 is 9.64 Å². The number of hydrogen-bond acceptors (Lipinski definition) is 4. The molecule has 0 aromatic carbocycles. The van der Waals surface area contributed by atoms with Crippen molar-refractivity contribution < 1.29 is 14.6 Å². The van der Waals surface area contributed by atoms with Crippen LogP contribution >= 0.6 is 0 Å². The normalized spacial score (nSPS) is 26.9. The van der Waals surface area contributed by atoms with Crippen LogP contribution in [0.5, 0.6) is 0 Å². The second kappa shape index (κ2) is 8.97. The van der Waals surface area contributed by atoms with Gasteiger partial charge in [0.2, 0.25) is 10.0 Å². The maximum atomic E-state index is 11.7. The topological polar surface area (TPSA) is 58.6 Å². The van der Waals surface area contributed by atoms with Crippen LogP contribution in [0.3, 0.4) is 0 Å². The van der Waals surface area contributed by atoms with Gasteiger partial charge in [-0.15, -0.1) is 0 Å². The maximum absolute atomic E-state index is 11.7. The summed E-state index contributed by atoms with van der Waals surface area (Å²) in [6, 6.07) is 0. The Balaban J connectivity index is 0.00000312. The molecule has 0 atom stereocenters. The van der Waals surface area contributed by atoms with Crippen LogP contribution in [0.4, 0.5) is 0 Å². The highest BCUT2D eigenvalue weighted by Crippen LogP contribution is 2.30. The molecular formula is C18H38N2O3S. The minimum atomic E-state index is -3.17. The van der Waals surface area contributed by atoms with Crippen molar-refractivity contribution >= 4 is 10.0 Å². The molecule has 2 aliphatic rings. The second-order valence-corrected chi connectivity index (χ2v) is 10.5. The summed E-state index contributed by atoms with van der Waals surface area (Å²) in [7, 11) is -3.17. The molecule has 2 rings (SSSR count). The minimum absolute atomic E-state index is 0. The highest BCUT2D eigenvalue weighted by Gasteiger charge is 2.31. The van der Waals surface area contributed by atoms with Gasteiger partial charge in [-0.05, 0) is 57.3 Å². The first kappa shape index (κ1) is 20.1. The fourth-order valence-corrected chi connectivity index (χ4v) is 4.30. The van der Waals surface area contributed by atoms with Gasteiger partial charge in [-0.1, -0.05) is 13.8 Å². The number of hydrogen-bond donors (Lipinski definition) is 1. The molecule has 1 heterocycles. The molecule has 1 N–H and O–H groups in total. The van der Waals surface area contributed by atoms with Crippen LogP contribution < -0.4 is 4.72 Å². The highest BCUT2D eigenvalue weighted by atomic mass is 32.2. The van der Waals surface area contributed by atoms with Gasteiger partial charge in [0.05, 0.1) is 18.0 Å². The molecule has 5 nitrogen and oxygen atoms in total. The zero-order chi connectivity index (χ0) is 17.7. The van der Waals surface area contributed by atoms with Crippen LogP contribution in [0, 0.1) is 17.8 Å². The summed E-state index contributed by atoms with van der Waals surface area (Å²) in [4.78, 5) is 2.61. The van der Waals surface area contributed by atoms with Crippen LogP contribution in [0.25, 0.3) is 0 Å². The fraction of sp³-hybridized carbons (Fsp3) is 1.00.